The van der Waals surface area contributed by atoms with Crippen molar-refractivity contribution in [2.45, 2.75) is 38.8 Å². The molecule has 3 heterocycles. The number of likely N-dealkylation sites (tertiary alicyclic amines) is 1. The highest BCUT2D eigenvalue weighted by atomic mass is 16.2. The van der Waals surface area contributed by atoms with E-state index in [-0.39, 0.29) is 12.0 Å². The number of nitrogens with zero attached hydrogens (tertiary/aromatic N) is 3. The van der Waals surface area contributed by atoms with Gasteiger partial charge < -0.3 is 14.8 Å². The molecule has 2 fully saturated rings. The molecule has 2 aliphatic heterocycles. The smallest absolute Gasteiger partial charge is 0.227 e. The van der Waals surface area contributed by atoms with Gasteiger partial charge in [-0.25, -0.2) is 4.98 Å². The molecular formula is C18H24N4O. The minimum atomic E-state index is 0.135. The first kappa shape index (κ1) is 14.7. The Morgan fingerprint density at radius 1 is 1.35 bits per heavy atom. The van der Waals surface area contributed by atoms with Gasteiger partial charge in [0.1, 0.15) is 5.82 Å². The first-order valence-corrected chi connectivity index (χ1v) is 8.76. The minimum Gasteiger partial charge on any atom is -0.332 e. The third-order valence-corrected chi connectivity index (χ3v) is 5.24. The Labute approximate surface area is 136 Å². The van der Waals surface area contributed by atoms with Gasteiger partial charge in [-0.3, -0.25) is 4.79 Å². The van der Waals surface area contributed by atoms with E-state index in [1.54, 1.807) is 0 Å². The lowest BCUT2D eigenvalue weighted by Crippen LogP contribution is -2.37. The highest BCUT2D eigenvalue weighted by Crippen LogP contribution is 2.35. The van der Waals surface area contributed by atoms with E-state index in [9.17, 15) is 4.79 Å². The molecule has 2 atom stereocenters. The Balaban J connectivity index is 1.69. The first-order valence-electron chi connectivity index (χ1n) is 8.76. The molecule has 23 heavy (non-hydrogen) atoms. The van der Waals surface area contributed by atoms with Gasteiger partial charge in [0.05, 0.1) is 23.0 Å². The zero-order valence-electron chi connectivity index (χ0n) is 13.7. The number of benzene rings is 1. The van der Waals surface area contributed by atoms with Crippen LogP contribution in [0.15, 0.2) is 24.3 Å². The first-order chi connectivity index (χ1) is 11.3. The molecule has 0 radical (unpaired) electrons. The van der Waals surface area contributed by atoms with Gasteiger partial charge in [0.2, 0.25) is 5.91 Å². The van der Waals surface area contributed by atoms with Crippen LogP contribution in [0.4, 0.5) is 0 Å². The van der Waals surface area contributed by atoms with Crippen LogP contribution >= 0.6 is 0 Å². The largest absolute Gasteiger partial charge is 0.332 e. The normalized spacial score (nSPS) is 24.7. The molecule has 4 rings (SSSR count). The van der Waals surface area contributed by atoms with Gasteiger partial charge in [-0.2, -0.15) is 0 Å². The topological polar surface area (TPSA) is 50.2 Å². The molecule has 2 aromatic rings. The second-order valence-corrected chi connectivity index (χ2v) is 6.58. The second kappa shape index (κ2) is 5.96. The number of amides is 1. The minimum absolute atomic E-state index is 0.135. The molecule has 2 aliphatic rings. The van der Waals surface area contributed by atoms with Crippen molar-refractivity contribution in [3.63, 3.8) is 0 Å². The molecule has 0 spiro atoms. The molecule has 1 aromatic carbocycles. The van der Waals surface area contributed by atoms with E-state index in [1.165, 1.54) is 5.52 Å². The maximum Gasteiger partial charge on any atom is 0.227 e. The number of imidazole rings is 1. The number of nitrogens with one attached hydrogen (secondary N) is 1. The summed E-state index contributed by atoms with van der Waals surface area (Å²) in [5.74, 6) is 1.52. The fourth-order valence-corrected chi connectivity index (χ4v) is 4.08. The third kappa shape index (κ3) is 2.43. The molecule has 0 unspecified atom stereocenters. The van der Waals surface area contributed by atoms with E-state index in [0.29, 0.717) is 5.91 Å². The molecule has 1 N–H and O–H groups in total. The number of hydrogen-bond donors (Lipinski definition) is 1. The molecular weight excluding hydrogens is 288 g/mol. The van der Waals surface area contributed by atoms with Gasteiger partial charge in [0.15, 0.2) is 0 Å². The summed E-state index contributed by atoms with van der Waals surface area (Å²) >= 11 is 0. The Kier molecular flexibility index (Phi) is 3.81. The summed E-state index contributed by atoms with van der Waals surface area (Å²) in [6.45, 7) is 5.69. The van der Waals surface area contributed by atoms with Gasteiger partial charge in [-0.15, -0.1) is 0 Å². The van der Waals surface area contributed by atoms with Crippen molar-refractivity contribution >= 4 is 16.9 Å². The monoisotopic (exact) mass is 312 g/mol. The van der Waals surface area contributed by atoms with Gasteiger partial charge in [-0.05, 0) is 44.9 Å². The number of para-hydroxylation sites is 2. The van der Waals surface area contributed by atoms with Crippen LogP contribution in [0.1, 0.15) is 38.1 Å². The lowest BCUT2D eigenvalue weighted by Gasteiger charge is -2.27. The number of carbonyl (C=O) groups excluding carboxylic acids is 1. The number of rotatable bonds is 3. The molecule has 1 amide bonds. The van der Waals surface area contributed by atoms with Crippen LogP contribution in [0.5, 0.6) is 0 Å². The fraction of sp³-hybridized carbons (Fsp3) is 0.556. The second-order valence-electron chi connectivity index (χ2n) is 6.58. The van der Waals surface area contributed by atoms with E-state index >= 15 is 0 Å². The maximum absolute atomic E-state index is 12.9. The van der Waals surface area contributed by atoms with Gasteiger partial charge in [-0.1, -0.05) is 12.1 Å². The predicted molar refractivity (Wildman–Crippen MR) is 90.1 cm³/mol. The molecule has 0 saturated carbocycles. The highest BCUT2D eigenvalue weighted by Gasteiger charge is 2.37. The molecule has 0 aliphatic carbocycles. The van der Waals surface area contributed by atoms with Crippen molar-refractivity contribution in [2.24, 2.45) is 5.92 Å². The van der Waals surface area contributed by atoms with E-state index < -0.39 is 0 Å². The number of fused-ring (bicyclic) bond motifs is 1. The molecule has 5 nitrogen and oxygen atoms in total. The van der Waals surface area contributed by atoms with E-state index in [1.807, 2.05) is 6.07 Å². The Morgan fingerprint density at radius 3 is 3.00 bits per heavy atom. The van der Waals surface area contributed by atoms with Crippen LogP contribution in [0.2, 0.25) is 0 Å². The summed E-state index contributed by atoms with van der Waals surface area (Å²) in [5, 5.41) is 3.31. The van der Waals surface area contributed by atoms with Gasteiger partial charge in [0.25, 0.3) is 0 Å². The molecule has 1 aromatic heterocycles. The Morgan fingerprint density at radius 2 is 2.22 bits per heavy atom. The molecule has 122 valence electrons. The summed E-state index contributed by atoms with van der Waals surface area (Å²) in [6.07, 6.45) is 3.06. The Hall–Kier alpha value is -1.88. The summed E-state index contributed by atoms with van der Waals surface area (Å²) in [4.78, 5) is 19.9. The van der Waals surface area contributed by atoms with E-state index in [0.717, 1.165) is 56.8 Å². The zero-order chi connectivity index (χ0) is 15.8. The number of carbonyl (C=O) groups is 1. The summed E-state index contributed by atoms with van der Waals surface area (Å²) in [6, 6.07) is 8.41. The van der Waals surface area contributed by atoms with E-state index in [2.05, 4.69) is 39.9 Å². The lowest BCUT2D eigenvalue weighted by atomic mass is 10.1. The van der Waals surface area contributed by atoms with Gasteiger partial charge in [0, 0.05) is 19.6 Å². The molecule has 0 bridgehead atoms. The SMILES string of the molecule is CCn1c([C@H]2CCCN2C(=O)[C@H]2CCNC2)nc2ccccc21. The number of aromatic nitrogens is 2. The highest BCUT2D eigenvalue weighted by molar-refractivity contribution is 5.81. The number of hydrogen-bond acceptors (Lipinski definition) is 3. The van der Waals surface area contributed by atoms with Crippen LogP contribution in [-0.2, 0) is 11.3 Å². The Bertz CT molecular complexity index is 717. The standard InChI is InChI=1S/C18H24N4O/c1-2-21-15-7-4-3-6-14(15)20-17(21)16-8-5-11-22(16)18(23)13-9-10-19-12-13/h3-4,6-7,13,16,19H,2,5,8-12H2,1H3/t13-,16+/m0/s1. The summed E-state index contributed by atoms with van der Waals surface area (Å²) in [7, 11) is 0. The zero-order valence-corrected chi connectivity index (χ0v) is 13.7. The summed E-state index contributed by atoms with van der Waals surface area (Å²) in [5.41, 5.74) is 2.21. The van der Waals surface area contributed by atoms with Crippen LogP contribution in [0.25, 0.3) is 11.0 Å². The van der Waals surface area contributed by atoms with Crippen molar-refractivity contribution in [3.8, 4) is 0 Å². The number of aryl methyl sites for hydroxylation is 1. The summed E-state index contributed by atoms with van der Waals surface area (Å²) < 4.78 is 2.28. The van der Waals surface area contributed by atoms with Crippen molar-refractivity contribution in [1.29, 1.82) is 0 Å². The molecule has 5 heteroatoms. The van der Waals surface area contributed by atoms with Crippen molar-refractivity contribution < 1.29 is 4.79 Å². The van der Waals surface area contributed by atoms with Crippen molar-refractivity contribution in [1.82, 2.24) is 19.8 Å². The average Bonchev–Trinajstić information content (AvgIpc) is 3.31. The van der Waals surface area contributed by atoms with E-state index in [4.69, 9.17) is 4.98 Å². The predicted octanol–water partition coefficient (Wildman–Crippen LogP) is 2.33. The molecule has 2 saturated heterocycles. The quantitative estimate of drug-likeness (QED) is 0.946. The van der Waals surface area contributed by atoms with Crippen molar-refractivity contribution in [3.05, 3.63) is 30.1 Å². The average molecular weight is 312 g/mol. The van der Waals surface area contributed by atoms with Crippen LogP contribution in [0.3, 0.4) is 0 Å². The van der Waals surface area contributed by atoms with Crippen molar-refractivity contribution in [2.75, 3.05) is 19.6 Å². The third-order valence-electron chi connectivity index (χ3n) is 5.24. The lowest BCUT2D eigenvalue weighted by molar-refractivity contribution is -0.136. The van der Waals surface area contributed by atoms with Crippen LogP contribution in [0, 0.1) is 5.92 Å². The van der Waals surface area contributed by atoms with Crippen LogP contribution in [-0.4, -0.2) is 40.0 Å². The maximum atomic E-state index is 12.9. The van der Waals surface area contributed by atoms with Gasteiger partial charge >= 0.3 is 0 Å². The fourth-order valence-electron chi connectivity index (χ4n) is 4.08. The van der Waals surface area contributed by atoms with Crippen LogP contribution < -0.4 is 5.32 Å².